The Morgan fingerprint density at radius 3 is 2.31 bits per heavy atom. The molecule has 0 amide bonds. The third-order valence-corrected chi connectivity index (χ3v) is 1.39. The highest BCUT2D eigenvalue weighted by Crippen LogP contribution is 2.31. The molecule has 0 unspecified atom stereocenters. The van der Waals surface area contributed by atoms with Gasteiger partial charge in [-0.2, -0.15) is 13.2 Å². The van der Waals surface area contributed by atoms with Crippen molar-refractivity contribution in [2.24, 2.45) is 0 Å². The first-order chi connectivity index (χ1) is 5.95. The Morgan fingerprint density at radius 2 is 1.85 bits per heavy atom. The summed E-state index contributed by atoms with van der Waals surface area (Å²) in [5.74, 6) is -1.40. The molecule has 1 rings (SSSR count). The maximum absolute atomic E-state index is 12.6. The molecule has 1 aromatic rings. The quantitative estimate of drug-likeness (QED) is 0.622. The van der Waals surface area contributed by atoms with E-state index in [1.807, 2.05) is 0 Å². The van der Waals surface area contributed by atoms with Crippen LogP contribution in [0.15, 0.2) is 18.2 Å². The first-order valence-corrected chi connectivity index (χ1v) is 3.20. The predicted octanol–water partition coefficient (Wildman–Crippen LogP) is 2.30. The Hall–Kier alpha value is -1.39. The minimum absolute atomic E-state index is 0.325. The zero-order valence-electron chi connectivity index (χ0n) is 6.15. The Labute approximate surface area is 71.0 Å². The van der Waals surface area contributed by atoms with Crippen LogP contribution >= 0.6 is 0 Å². The van der Waals surface area contributed by atoms with E-state index in [1.165, 1.54) is 6.29 Å². The fourth-order valence-corrected chi connectivity index (χ4v) is 0.806. The van der Waals surface area contributed by atoms with E-state index in [9.17, 15) is 22.4 Å². The van der Waals surface area contributed by atoms with Gasteiger partial charge in [-0.3, -0.25) is 4.79 Å². The molecule has 0 aliphatic heterocycles. The second-order valence-electron chi connectivity index (χ2n) is 2.29. The van der Waals surface area contributed by atoms with Gasteiger partial charge >= 0.3 is 6.18 Å². The Balaban J connectivity index is 3.27. The lowest BCUT2D eigenvalue weighted by Crippen LogP contribution is -2.08. The Morgan fingerprint density at radius 1 is 1.23 bits per heavy atom. The third kappa shape index (κ3) is 2.05. The highest BCUT2D eigenvalue weighted by Gasteiger charge is 2.34. The zero-order chi connectivity index (χ0) is 10.1. The van der Waals surface area contributed by atoms with Crippen LogP contribution in [0.3, 0.4) is 0 Å². The molecular formula is C8H3F4O. The van der Waals surface area contributed by atoms with Crippen LogP contribution in [0.1, 0.15) is 11.1 Å². The minimum Gasteiger partial charge on any atom is -0.285 e. The maximum atomic E-state index is 12.6. The van der Waals surface area contributed by atoms with Gasteiger partial charge in [-0.1, -0.05) is 0 Å². The van der Waals surface area contributed by atoms with Crippen molar-refractivity contribution in [2.75, 3.05) is 0 Å². The summed E-state index contributed by atoms with van der Waals surface area (Å²) in [5.41, 5.74) is -1.78. The monoisotopic (exact) mass is 191 g/mol. The van der Waals surface area contributed by atoms with Crippen molar-refractivity contribution in [2.45, 2.75) is 6.18 Å². The standard InChI is InChI=1S/C8H3F4O/c9-7-2-1-5(4-13)3-6(7)8(10,11)12/h1-3H. The van der Waals surface area contributed by atoms with Gasteiger partial charge in [-0.05, 0) is 18.2 Å². The number of benzene rings is 1. The summed E-state index contributed by atoms with van der Waals surface area (Å²) >= 11 is 0. The van der Waals surface area contributed by atoms with Crippen molar-refractivity contribution in [1.82, 2.24) is 0 Å². The molecular weight excluding hydrogens is 188 g/mol. The van der Waals surface area contributed by atoms with E-state index in [0.29, 0.717) is 12.1 Å². The predicted molar refractivity (Wildman–Crippen MR) is 36.2 cm³/mol. The van der Waals surface area contributed by atoms with E-state index in [1.54, 1.807) is 0 Å². The molecule has 1 radical (unpaired) electrons. The third-order valence-electron chi connectivity index (χ3n) is 1.39. The first-order valence-electron chi connectivity index (χ1n) is 3.20. The zero-order valence-corrected chi connectivity index (χ0v) is 6.15. The largest absolute Gasteiger partial charge is 0.419 e. The molecule has 0 atom stereocenters. The molecule has 0 aliphatic rings. The number of halogens is 4. The lowest BCUT2D eigenvalue weighted by atomic mass is 10.1. The molecule has 0 fully saturated rings. The molecule has 1 nitrogen and oxygen atoms in total. The van der Waals surface area contributed by atoms with Crippen LogP contribution in [0, 0.1) is 5.82 Å². The topological polar surface area (TPSA) is 17.1 Å². The summed E-state index contributed by atoms with van der Waals surface area (Å²) in [6.07, 6.45) is -3.53. The van der Waals surface area contributed by atoms with E-state index in [4.69, 9.17) is 0 Å². The summed E-state index contributed by atoms with van der Waals surface area (Å²) < 4.78 is 48.5. The summed E-state index contributed by atoms with van der Waals surface area (Å²) in [6.45, 7) is 0. The first kappa shape index (κ1) is 9.70. The minimum atomic E-state index is -4.78. The van der Waals surface area contributed by atoms with Crippen molar-refractivity contribution in [3.63, 3.8) is 0 Å². The molecule has 5 heteroatoms. The molecule has 0 aliphatic carbocycles. The second kappa shape index (κ2) is 3.16. The van der Waals surface area contributed by atoms with Gasteiger partial charge in [0.05, 0.1) is 5.56 Å². The second-order valence-corrected chi connectivity index (χ2v) is 2.29. The van der Waals surface area contributed by atoms with Gasteiger partial charge in [-0.25, -0.2) is 4.39 Å². The van der Waals surface area contributed by atoms with E-state index in [-0.39, 0.29) is 5.56 Å². The van der Waals surface area contributed by atoms with Gasteiger partial charge in [-0.15, -0.1) is 0 Å². The molecule has 0 spiro atoms. The summed E-state index contributed by atoms with van der Waals surface area (Å²) in [4.78, 5) is 9.98. The van der Waals surface area contributed by atoms with Crippen LogP contribution in [-0.4, -0.2) is 6.29 Å². The smallest absolute Gasteiger partial charge is 0.285 e. The normalized spacial score (nSPS) is 11.4. The Kier molecular flexibility index (Phi) is 2.36. The molecule has 0 aromatic heterocycles. The van der Waals surface area contributed by atoms with Crippen LogP contribution in [0.4, 0.5) is 17.6 Å². The van der Waals surface area contributed by atoms with Gasteiger partial charge in [0, 0.05) is 5.56 Å². The molecule has 1 aromatic carbocycles. The van der Waals surface area contributed by atoms with E-state index >= 15 is 0 Å². The number of hydrogen-bond acceptors (Lipinski definition) is 1. The van der Waals surface area contributed by atoms with Gasteiger partial charge < -0.3 is 0 Å². The SMILES string of the molecule is O=[C]c1ccc(F)c(C(F)(F)F)c1. The van der Waals surface area contributed by atoms with E-state index in [2.05, 4.69) is 0 Å². The fraction of sp³-hybridized carbons (Fsp3) is 0.125. The van der Waals surface area contributed by atoms with Crippen LogP contribution in [0.2, 0.25) is 0 Å². The van der Waals surface area contributed by atoms with Crippen molar-refractivity contribution in [1.29, 1.82) is 0 Å². The summed E-state index contributed by atoms with van der Waals surface area (Å²) in [7, 11) is 0. The van der Waals surface area contributed by atoms with Crippen LogP contribution in [0.5, 0.6) is 0 Å². The lowest BCUT2D eigenvalue weighted by molar-refractivity contribution is -0.140. The van der Waals surface area contributed by atoms with Crippen molar-refractivity contribution >= 4 is 6.29 Å². The average Bonchev–Trinajstić information content (AvgIpc) is 2.03. The molecule has 13 heavy (non-hydrogen) atoms. The Bertz CT molecular complexity index is 329. The molecule has 0 saturated heterocycles. The average molecular weight is 191 g/mol. The highest BCUT2D eigenvalue weighted by atomic mass is 19.4. The molecule has 0 bridgehead atoms. The van der Waals surface area contributed by atoms with Gasteiger partial charge in [0.25, 0.3) is 0 Å². The summed E-state index contributed by atoms with van der Waals surface area (Å²) in [5, 5.41) is 0. The van der Waals surface area contributed by atoms with Gasteiger partial charge in [0.15, 0.2) is 0 Å². The molecule has 69 valence electrons. The molecule has 0 heterocycles. The number of rotatable bonds is 1. The summed E-state index contributed by atoms with van der Waals surface area (Å²) in [6, 6.07) is 1.93. The number of carbonyl (C=O) groups excluding carboxylic acids is 1. The molecule has 0 saturated carbocycles. The molecule has 0 N–H and O–H groups in total. The maximum Gasteiger partial charge on any atom is 0.419 e. The fourth-order valence-electron chi connectivity index (χ4n) is 0.806. The number of alkyl halides is 3. The van der Waals surface area contributed by atoms with Crippen LogP contribution in [0.25, 0.3) is 0 Å². The number of hydrogen-bond donors (Lipinski definition) is 0. The van der Waals surface area contributed by atoms with Crippen molar-refractivity contribution < 1.29 is 22.4 Å². The van der Waals surface area contributed by atoms with Crippen molar-refractivity contribution in [3.8, 4) is 0 Å². The van der Waals surface area contributed by atoms with Gasteiger partial charge in [0.2, 0.25) is 6.29 Å². The van der Waals surface area contributed by atoms with Crippen LogP contribution in [-0.2, 0) is 11.0 Å². The van der Waals surface area contributed by atoms with Crippen LogP contribution < -0.4 is 0 Å². The van der Waals surface area contributed by atoms with E-state index < -0.39 is 17.6 Å². The van der Waals surface area contributed by atoms with Crippen molar-refractivity contribution in [3.05, 3.63) is 35.1 Å². The lowest BCUT2D eigenvalue weighted by Gasteiger charge is -2.07. The highest BCUT2D eigenvalue weighted by molar-refractivity contribution is 5.75. The van der Waals surface area contributed by atoms with E-state index in [0.717, 1.165) is 6.07 Å². The van der Waals surface area contributed by atoms with Gasteiger partial charge in [0.1, 0.15) is 5.82 Å².